The van der Waals surface area contributed by atoms with Crippen LogP contribution in [0.5, 0.6) is 0 Å². The van der Waals surface area contributed by atoms with Crippen molar-refractivity contribution in [1.29, 1.82) is 0 Å². The third-order valence-electron chi connectivity index (χ3n) is 2.91. The number of hydrogen-bond donors (Lipinski definition) is 1. The van der Waals surface area contributed by atoms with E-state index in [2.05, 4.69) is 47.6 Å². The summed E-state index contributed by atoms with van der Waals surface area (Å²) >= 11 is 0. The highest BCUT2D eigenvalue weighted by Crippen LogP contribution is 2.22. The van der Waals surface area contributed by atoms with Crippen molar-refractivity contribution in [2.45, 2.75) is 19.9 Å². The van der Waals surface area contributed by atoms with Gasteiger partial charge in [0.2, 0.25) is 0 Å². The van der Waals surface area contributed by atoms with E-state index in [-0.39, 0.29) is 0 Å². The third-order valence-corrected chi connectivity index (χ3v) is 2.91. The zero-order chi connectivity index (χ0) is 12.1. The first kappa shape index (κ1) is 11.8. The highest BCUT2D eigenvalue weighted by molar-refractivity contribution is 5.66. The summed E-state index contributed by atoms with van der Waals surface area (Å²) in [6, 6.07) is 12.8. The quantitative estimate of drug-likeness (QED) is 0.866. The van der Waals surface area contributed by atoms with Gasteiger partial charge in [-0.2, -0.15) is 0 Å². The summed E-state index contributed by atoms with van der Waals surface area (Å²) in [5.41, 5.74) is 4.91. The lowest BCUT2D eigenvalue weighted by molar-refractivity contribution is 0.793. The molecular weight excluding hydrogens is 208 g/mol. The summed E-state index contributed by atoms with van der Waals surface area (Å²) in [4.78, 5) is 4.42. The van der Waals surface area contributed by atoms with Gasteiger partial charge in [-0.3, -0.25) is 4.98 Å². The number of pyridine rings is 1. The average Bonchev–Trinajstić information content (AvgIpc) is 2.40. The van der Waals surface area contributed by atoms with Crippen LogP contribution in [-0.2, 0) is 13.0 Å². The van der Waals surface area contributed by atoms with Crippen LogP contribution in [0.25, 0.3) is 11.1 Å². The maximum Gasteiger partial charge on any atom is 0.0619 e. The van der Waals surface area contributed by atoms with Crippen molar-refractivity contribution >= 4 is 0 Å². The number of aromatic nitrogens is 1. The first-order valence-electron chi connectivity index (χ1n) is 6.03. The van der Waals surface area contributed by atoms with Gasteiger partial charge in [-0.25, -0.2) is 0 Å². The lowest BCUT2D eigenvalue weighted by atomic mass is 10.0. The molecule has 0 saturated heterocycles. The van der Waals surface area contributed by atoms with Crippen molar-refractivity contribution in [3.05, 3.63) is 53.9 Å². The number of aryl methyl sites for hydroxylation is 1. The summed E-state index contributed by atoms with van der Waals surface area (Å²) in [6.45, 7) is 2.97. The molecule has 0 spiro atoms. The second-order valence-corrected chi connectivity index (χ2v) is 4.08. The Bertz CT molecular complexity index is 475. The average molecular weight is 226 g/mol. The molecule has 2 nitrogen and oxygen atoms in total. The van der Waals surface area contributed by atoms with Gasteiger partial charge in [-0.1, -0.05) is 37.3 Å². The number of nitrogens with zero attached hydrogens (tertiary/aromatic N) is 1. The van der Waals surface area contributed by atoms with Crippen molar-refractivity contribution in [2.24, 2.45) is 0 Å². The topological polar surface area (TPSA) is 24.9 Å². The van der Waals surface area contributed by atoms with E-state index in [1.165, 1.54) is 16.7 Å². The van der Waals surface area contributed by atoms with Crippen LogP contribution < -0.4 is 5.32 Å². The van der Waals surface area contributed by atoms with Gasteiger partial charge in [-0.05, 0) is 30.7 Å². The van der Waals surface area contributed by atoms with Crippen molar-refractivity contribution in [3.63, 3.8) is 0 Å². The molecule has 0 bridgehead atoms. The molecule has 0 atom stereocenters. The molecule has 1 aromatic carbocycles. The fourth-order valence-corrected chi connectivity index (χ4v) is 1.93. The number of nitrogens with one attached hydrogen (secondary N) is 1. The van der Waals surface area contributed by atoms with Crippen molar-refractivity contribution < 1.29 is 0 Å². The monoisotopic (exact) mass is 226 g/mol. The largest absolute Gasteiger partial charge is 0.314 e. The van der Waals surface area contributed by atoms with E-state index >= 15 is 0 Å². The molecule has 0 fully saturated rings. The Hall–Kier alpha value is -1.67. The molecule has 1 heterocycles. The minimum absolute atomic E-state index is 0.797. The van der Waals surface area contributed by atoms with E-state index < -0.39 is 0 Å². The van der Waals surface area contributed by atoms with Gasteiger partial charge in [0.25, 0.3) is 0 Å². The zero-order valence-electron chi connectivity index (χ0n) is 10.4. The van der Waals surface area contributed by atoms with Gasteiger partial charge in [0.1, 0.15) is 0 Å². The first-order chi connectivity index (χ1) is 8.35. The van der Waals surface area contributed by atoms with Crippen LogP contribution in [0.3, 0.4) is 0 Å². The summed E-state index contributed by atoms with van der Waals surface area (Å²) in [6.07, 6.45) is 2.92. The van der Waals surface area contributed by atoms with Crippen LogP contribution in [0.4, 0.5) is 0 Å². The summed E-state index contributed by atoms with van der Waals surface area (Å²) in [7, 11) is 1.94. The van der Waals surface area contributed by atoms with Crippen LogP contribution in [0.2, 0.25) is 0 Å². The molecule has 17 heavy (non-hydrogen) atoms. The molecule has 2 heteroatoms. The predicted molar refractivity (Wildman–Crippen MR) is 71.8 cm³/mol. The van der Waals surface area contributed by atoms with E-state index in [1.54, 1.807) is 0 Å². The first-order valence-corrected chi connectivity index (χ1v) is 6.03. The molecule has 0 aliphatic carbocycles. The van der Waals surface area contributed by atoms with Crippen LogP contribution in [0.1, 0.15) is 18.2 Å². The molecule has 0 saturated carbocycles. The van der Waals surface area contributed by atoms with Crippen LogP contribution >= 0.6 is 0 Å². The van der Waals surface area contributed by atoms with Gasteiger partial charge in [0.15, 0.2) is 0 Å². The highest BCUT2D eigenvalue weighted by atomic mass is 14.8. The van der Waals surface area contributed by atoms with Crippen molar-refractivity contribution in [1.82, 2.24) is 10.3 Å². The third kappa shape index (κ3) is 2.71. The lowest BCUT2D eigenvalue weighted by Crippen LogP contribution is -2.08. The molecule has 0 amide bonds. The van der Waals surface area contributed by atoms with E-state index in [1.807, 2.05) is 19.3 Å². The Kier molecular flexibility index (Phi) is 3.89. The molecule has 0 unspecified atom stereocenters. The minimum atomic E-state index is 0.797. The van der Waals surface area contributed by atoms with Crippen molar-refractivity contribution in [2.75, 3.05) is 7.05 Å². The minimum Gasteiger partial charge on any atom is -0.314 e. The molecule has 2 rings (SSSR count). The van der Waals surface area contributed by atoms with Gasteiger partial charge >= 0.3 is 0 Å². The van der Waals surface area contributed by atoms with Gasteiger partial charge in [0, 0.05) is 18.3 Å². The number of hydrogen-bond acceptors (Lipinski definition) is 2. The lowest BCUT2D eigenvalue weighted by Gasteiger charge is -2.08. The molecule has 1 aromatic heterocycles. The second-order valence-electron chi connectivity index (χ2n) is 4.08. The highest BCUT2D eigenvalue weighted by Gasteiger charge is 2.04. The summed E-state index contributed by atoms with van der Waals surface area (Å²) < 4.78 is 0. The van der Waals surface area contributed by atoms with E-state index in [9.17, 15) is 0 Å². The van der Waals surface area contributed by atoms with Crippen LogP contribution in [0.15, 0.2) is 42.6 Å². The van der Waals surface area contributed by atoms with Gasteiger partial charge in [0.05, 0.1) is 5.69 Å². The smallest absolute Gasteiger partial charge is 0.0619 e. The molecule has 2 aromatic rings. The molecular formula is C15H18N2. The van der Waals surface area contributed by atoms with Crippen LogP contribution in [-0.4, -0.2) is 12.0 Å². The molecule has 0 aliphatic heterocycles. The number of benzene rings is 1. The fraction of sp³-hybridized carbons (Fsp3) is 0.267. The Morgan fingerprint density at radius 3 is 2.53 bits per heavy atom. The van der Waals surface area contributed by atoms with Crippen molar-refractivity contribution in [3.8, 4) is 11.1 Å². The summed E-state index contributed by atoms with van der Waals surface area (Å²) in [5.74, 6) is 0. The maximum absolute atomic E-state index is 4.42. The van der Waals surface area contributed by atoms with E-state index in [0.717, 1.165) is 18.7 Å². The molecule has 0 radical (unpaired) electrons. The van der Waals surface area contributed by atoms with Crippen LogP contribution in [0, 0.1) is 0 Å². The Balaban J connectivity index is 2.37. The van der Waals surface area contributed by atoms with E-state index in [0.29, 0.717) is 0 Å². The van der Waals surface area contributed by atoms with E-state index in [4.69, 9.17) is 0 Å². The zero-order valence-corrected chi connectivity index (χ0v) is 10.4. The second kappa shape index (κ2) is 5.60. The van der Waals surface area contributed by atoms with Gasteiger partial charge in [-0.15, -0.1) is 0 Å². The molecule has 88 valence electrons. The Labute approximate surface area is 103 Å². The maximum atomic E-state index is 4.42. The number of rotatable bonds is 4. The standard InChI is InChI=1S/C15H18N2/c1-3-12-6-8-13(9-7-12)14-5-4-10-17-15(14)11-16-2/h4-10,16H,3,11H2,1-2H3. The van der Waals surface area contributed by atoms with Gasteiger partial charge < -0.3 is 5.32 Å². The summed E-state index contributed by atoms with van der Waals surface area (Å²) in [5, 5.41) is 3.15. The fourth-order valence-electron chi connectivity index (χ4n) is 1.93. The predicted octanol–water partition coefficient (Wildman–Crippen LogP) is 3.03. The molecule has 0 aliphatic rings. The SMILES string of the molecule is CCc1ccc(-c2cccnc2CNC)cc1. The Morgan fingerprint density at radius 1 is 1.12 bits per heavy atom. The normalized spacial score (nSPS) is 10.5. The molecule has 1 N–H and O–H groups in total. The Morgan fingerprint density at radius 2 is 1.88 bits per heavy atom.